The van der Waals surface area contributed by atoms with Crippen LogP contribution >= 0.6 is 0 Å². The van der Waals surface area contributed by atoms with Crippen LogP contribution in [0.1, 0.15) is 19.3 Å². The van der Waals surface area contributed by atoms with E-state index in [1.807, 2.05) is 4.90 Å². The molecule has 1 atom stereocenters. The number of carbonyl (C=O) groups is 3. The Morgan fingerprint density at radius 2 is 1.85 bits per heavy atom. The molecule has 27 heavy (non-hydrogen) atoms. The van der Waals surface area contributed by atoms with Crippen molar-refractivity contribution in [1.29, 1.82) is 0 Å². The average Bonchev–Trinajstić information content (AvgIpc) is 2.88. The number of halogens is 3. The Kier molecular flexibility index (Phi) is 5.09. The van der Waals surface area contributed by atoms with Gasteiger partial charge in [-0.05, 0) is 38.1 Å². The summed E-state index contributed by atoms with van der Waals surface area (Å²) in [6.45, 7) is 0.894. The highest BCUT2D eigenvalue weighted by Crippen LogP contribution is 2.32. The fourth-order valence-corrected chi connectivity index (χ4v) is 3.49. The van der Waals surface area contributed by atoms with Crippen LogP contribution in [0.3, 0.4) is 0 Å². The van der Waals surface area contributed by atoms with Gasteiger partial charge >= 0.3 is 6.36 Å². The van der Waals surface area contributed by atoms with Crippen molar-refractivity contribution in [3.05, 3.63) is 24.3 Å². The fourth-order valence-electron chi connectivity index (χ4n) is 3.49. The highest BCUT2D eigenvalue weighted by atomic mass is 19.4. The van der Waals surface area contributed by atoms with Crippen molar-refractivity contribution >= 4 is 23.4 Å². The molecule has 1 aromatic carbocycles. The van der Waals surface area contributed by atoms with Crippen LogP contribution in [-0.2, 0) is 14.4 Å². The number of piperidine rings is 1. The highest BCUT2D eigenvalue weighted by Gasteiger charge is 2.44. The van der Waals surface area contributed by atoms with Gasteiger partial charge in [0.2, 0.25) is 11.8 Å². The Bertz CT molecular complexity index is 760. The van der Waals surface area contributed by atoms with E-state index in [1.165, 1.54) is 12.1 Å². The van der Waals surface area contributed by atoms with Crippen LogP contribution < -0.4 is 15.4 Å². The lowest BCUT2D eigenvalue weighted by Gasteiger charge is -2.33. The minimum Gasteiger partial charge on any atom is -0.406 e. The number of benzene rings is 1. The zero-order chi connectivity index (χ0) is 19.8. The predicted octanol–water partition coefficient (Wildman–Crippen LogP) is 1.41. The first-order chi connectivity index (χ1) is 12.7. The number of nitrogens with zero attached hydrogens (tertiary/aromatic N) is 2. The van der Waals surface area contributed by atoms with Crippen LogP contribution in [-0.4, -0.2) is 48.1 Å². The molecule has 7 nitrogen and oxygen atoms in total. The molecule has 2 heterocycles. The molecule has 2 saturated heterocycles. The molecule has 0 bridgehead atoms. The number of primary amides is 1. The summed E-state index contributed by atoms with van der Waals surface area (Å²) in [5.41, 5.74) is 5.32. The molecule has 10 heteroatoms. The second kappa shape index (κ2) is 7.18. The zero-order valence-electron chi connectivity index (χ0n) is 14.2. The van der Waals surface area contributed by atoms with Gasteiger partial charge in [0.15, 0.2) is 0 Å². The van der Waals surface area contributed by atoms with E-state index in [9.17, 15) is 27.6 Å². The summed E-state index contributed by atoms with van der Waals surface area (Å²) in [5.74, 6) is -2.13. The number of alkyl halides is 3. The topological polar surface area (TPSA) is 92.9 Å². The first-order valence-corrected chi connectivity index (χ1v) is 8.41. The first kappa shape index (κ1) is 19.2. The maximum atomic E-state index is 12.7. The van der Waals surface area contributed by atoms with Crippen molar-refractivity contribution in [2.75, 3.05) is 18.0 Å². The minimum atomic E-state index is -4.87. The van der Waals surface area contributed by atoms with E-state index >= 15 is 0 Å². The SMILES string of the molecule is NC(=O)C1CCN(C2CC(=O)N(c3cccc(OC(F)(F)F)c3)C2=O)CC1. The van der Waals surface area contributed by atoms with E-state index in [0.717, 1.165) is 17.0 Å². The van der Waals surface area contributed by atoms with Crippen molar-refractivity contribution in [2.45, 2.75) is 31.7 Å². The van der Waals surface area contributed by atoms with Crippen LogP contribution in [0.15, 0.2) is 24.3 Å². The molecule has 0 aromatic heterocycles. The summed E-state index contributed by atoms with van der Waals surface area (Å²) in [4.78, 5) is 39.0. The first-order valence-electron chi connectivity index (χ1n) is 8.41. The molecule has 146 valence electrons. The summed E-state index contributed by atoms with van der Waals surface area (Å²) in [7, 11) is 0. The number of carbonyl (C=O) groups excluding carboxylic acids is 3. The summed E-state index contributed by atoms with van der Waals surface area (Å²) in [5, 5.41) is 0. The molecule has 2 N–H and O–H groups in total. The Labute approximate surface area is 152 Å². The molecule has 0 radical (unpaired) electrons. The lowest BCUT2D eigenvalue weighted by atomic mass is 9.95. The van der Waals surface area contributed by atoms with Crippen molar-refractivity contribution in [1.82, 2.24) is 4.90 Å². The average molecular weight is 385 g/mol. The van der Waals surface area contributed by atoms with Crippen LogP contribution in [0, 0.1) is 5.92 Å². The van der Waals surface area contributed by atoms with E-state index in [2.05, 4.69) is 4.74 Å². The standard InChI is InChI=1S/C17H18F3N3O4/c18-17(19,20)27-12-3-1-2-11(8-12)23-14(24)9-13(16(23)26)22-6-4-10(5-7-22)15(21)25/h1-3,8,10,13H,4-7,9H2,(H2,21,25). The van der Waals surface area contributed by atoms with Gasteiger partial charge in [0, 0.05) is 12.0 Å². The van der Waals surface area contributed by atoms with E-state index in [1.54, 1.807) is 0 Å². The number of ether oxygens (including phenoxy) is 1. The van der Waals surface area contributed by atoms with Gasteiger partial charge in [-0.3, -0.25) is 19.3 Å². The van der Waals surface area contributed by atoms with Crippen molar-refractivity contribution in [3.8, 4) is 5.75 Å². The van der Waals surface area contributed by atoms with Gasteiger partial charge in [-0.2, -0.15) is 0 Å². The Balaban J connectivity index is 1.73. The molecule has 3 amide bonds. The number of imide groups is 1. The van der Waals surface area contributed by atoms with Gasteiger partial charge in [-0.25, -0.2) is 4.90 Å². The van der Waals surface area contributed by atoms with Gasteiger partial charge in [-0.15, -0.1) is 13.2 Å². The number of amides is 3. The third-order valence-electron chi connectivity index (χ3n) is 4.80. The quantitative estimate of drug-likeness (QED) is 0.792. The number of rotatable bonds is 4. The molecule has 1 aromatic rings. The number of anilines is 1. The van der Waals surface area contributed by atoms with E-state index < -0.39 is 30.0 Å². The summed E-state index contributed by atoms with van der Waals surface area (Å²) < 4.78 is 41.0. The van der Waals surface area contributed by atoms with Crippen molar-refractivity contribution in [2.24, 2.45) is 11.7 Å². The van der Waals surface area contributed by atoms with Crippen LogP contribution in [0.2, 0.25) is 0 Å². The number of hydrogen-bond acceptors (Lipinski definition) is 5. The molecule has 0 aliphatic carbocycles. The van der Waals surface area contributed by atoms with Gasteiger partial charge < -0.3 is 10.5 Å². The largest absolute Gasteiger partial charge is 0.573 e. The molecular weight excluding hydrogens is 367 g/mol. The second-order valence-corrected chi connectivity index (χ2v) is 6.55. The van der Waals surface area contributed by atoms with Gasteiger partial charge in [0.1, 0.15) is 5.75 Å². The van der Waals surface area contributed by atoms with E-state index in [-0.39, 0.29) is 23.9 Å². The number of nitrogens with two attached hydrogens (primary N) is 1. The van der Waals surface area contributed by atoms with Crippen LogP contribution in [0.5, 0.6) is 5.75 Å². The Hall–Kier alpha value is -2.62. The van der Waals surface area contributed by atoms with Gasteiger partial charge in [0.25, 0.3) is 5.91 Å². The second-order valence-electron chi connectivity index (χ2n) is 6.55. The monoisotopic (exact) mass is 385 g/mol. The van der Waals surface area contributed by atoms with Crippen LogP contribution in [0.4, 0.5) is 18.9 Å². The fraction of sp³-hybridized carbons (Fsp3) is 0.471. The van der Waals surface area contributed by atoms with E-state index in [4.69, 9.17) is 5.73 Å². The molecular formula is C17H18F3N3O4. The van der Waals surface area contributed by atoms with Gasteiger partial charge in [-0.1, -0.05) is 6.07 Å². The van der Waals surface area contributed by atoms with Crippen molar-refractivity contribution < 1.29 is 32.3 Å². The lowest BCUT2D eigenvalue weighted by molar-refractivity contribution is -0.274. The van der Waals surface area contributed by atoms with Crippen molar-refractivity contribution in [3.63, 3.8) is 0 Å². The zero-order valence-corrected chi connectivity index (χ0v) is 14.2. The minimum absolute atomic E-state index is 0.0290. The molecule has 2 aliphatic rings. The molecule has 0 saturated carbocycles. The summed E-state index contributed by atoms with van der Waals surface area (Å²) in [6.07, 6.45) is -3.93. The predicted molar refractivity (Wildman–Crippen MR) is 87.5 cm³/mol. The molecule has 1 unspecified atom stereocenters. The van der Waals surface area contributed by atoms with Crippen LogP contribution in [0.25, 0.3) is 0 Å². The third-order valence-corrected chi connectivity index (χ3v) is 4.80. The number of likely N-dealkylation sites (tertiary alicyclic amines) is 1. The summed E-state index contributed by atoms with van der Waals surface area (Å²) >= 11 is 0. The molecule has 2 aliphatic heterocycles. The summed E-state index contributed by atoms with van der Waals surface area (Å²) in [6, 6.07) is 4.06. The maximum Gasteiger partial charge on any atom is 0.573 e. The Morgan fingerprint density at radius 3 is 2.44 bits per heavy atom. The maximum absolute atomic E-state index is 12.7. The molecule has 3 rings (SSSR count). The van der Waals surface area contributed by atoms with E-state index in [0.29, 0.717) is 25.9 Å². The highest BCUT2D eigenvalue weighted by molar-refractivity contribution is 6.22. The third kappa shape index (κ3) is 4.21. The molecule has 2 fully saturated rings. The Morgan fingerprint density at radius 1 is 1.19 bits per heavy atom. The smallest absolute Gasteiger partial charge is 0.406 e. The van der Waals surface area contributed by atoms with Gasteiger partial charge in [0.05, 0.1) is 18.2 Å². The lowest BCUT2D eigenvalue weighted by Crippen LogP contribution is -2.47. The molecule has 0 spiro atoms. The normalized spacial score (nSPS) is 22.3. The number of hydrogen-bond donors (Lipinski definition) is 1.